The van der Waals surface area contributed by atoms with Gasteiger partial charge in [0.1, 0.15) is 5.75 Å². The Balaban J connectivity index is 1.75. The Hall–Kier alpha value is -1.67. The molecule has 1 aliphatic heterocycles. The third kappa shape index (κ3) is 2.61. The zero-order chi connectivity index (χ0) is 13.9. The lowest BCUT2D eigenvalue weighted by Gasteiger charge is -2.26. The molecule has 1 aliphatic rings. The number of nitrogens with one attached hydrogen (secondary N) is 1. The van der Waals surface area contributed by atoms with Crippen molar-refractivity contribution >= 4 is 17.3 Å². The van der Waals surface area contributed by atoms with Crippen molar-refractivity contribution in [2.75, 3.05) is 18.5 Å². The number of para-hydroxylation sites is 1. The molecule has 104 valence electrons. The number of hydrogen-bond donors (Lipinski definition) is 1. The Kier molecular flexibility index (Phi) is 3.83. The van der Waals surface area contributed by atoms with Crippen molar-refractivity contribution in [1.29, 1.82) is 0 Å². The lowest BCUT2D eigenvalue weighted by atomic mass is 9.93. The van der Waals surface area contributed by atoms with Crippen LogP contribution in [0, 0.1) is 6.92 Å². The van der Waals surface area contributed by atoms with Gasteiger partial charge in [-0.05, 0) is 42.7 Å². The highest BCUT2D eigenvalue weighted by Gasteiger charge is 2.20. The Labute approximate surface area is 124 Å². The highest BCUT2D eigenvalue weighted by Crippen LogP contribution is 2.34. The molecule has 2 nitrogen and oxygen atoms in total. The summed E-state index contributed by atoms with van der Waals surface area (Å²) >= 11 is 6.16. The summed E-state index contributed by atoms with van der Waals surface area (Å²) in [6, 6.07) is 14.3. The van der Waals surface area contributed by atoms with E-state index >= 15 is 0 Å². The van der Waals surface area contributed by atoms with Gasteiger partial charge in [-0.15, -0.1) is 0 Å². The van der Waals surface area contributed by atoms with Gasteiger partial charge >= 0.3 is 0 Å². The van der Waals surface area contributed by atoms with E-state index in [4.69, 9.17) is 16.3 Å². The second-order valence-corrected chi connectivity index (χ2v) is 5.57. The Bertz CT molecular complexity index is 612. The average Bonchev–Trinajstić information content (AvgIpc) is 2.49. The molecular formula is C17H18ClNO. The van der Waals surface area contributed by atoms with Crippen LogP contribution < -0.4 is 10.1 Å². The first-order chi connectivity index (χ1) is 9.75. The van der Waals surface area contributed by atoms with Crippen LogP contribution in [0.2, 0.25) is 5.02 Å². The first-order valence-electron chi connectivity index (χ1n) is 6.96. The highest BCUT2D eigenvalue weighted by atomic mass is 35.5. The van der Waals surface area contributed by atoms with Crippen LogP contribution in [-0.4, -0.2) is 13.2 Å². The van der Waals surface area contributed by atoms with Crippen LogP contribution in [0.25, 0.3) is 0 Å². The van der Waals surface area contributed by atoms with Crippen LogP contribution >= 0.6 is 11.6 Å². The van der Waals surface area contributed by atoms with Crippen LogP contribution in [-0.2, 0) is 0 Å². The van der Waals surface area contributed by atoms with Crippen LogP contribution in [0.5, 0.6) is 5.75 Å². The minimum Gasteiger partial charge on any atom is -0.493 e. The molecule has 1 atom stereocenters. The van der Waals surface area contributed by atoms with E-state index in [2.05, 4.69) is 23.5 Å². The molecule has 2 aromatic rings. The van der Waals surface area contributed by atoms with Crippen molar-refractivity contribution in [2.24, 2.45) is 0 Å². The Morgan fingerprint density at radius 3 is 2.95 bits per heavy atom. The van der Waals surface area contributed by atoms with Crippen molar-refractivity contribution in [3.05, 3.63) is 58.6 Å². The number of rotatable bonds is 3. The fourth-order valence-corrected chi connectivity index (χ4v) is 2.83. The molecule has 0 saturated carbocycles. The summed E-state index contributed by atoms with van der Waals surface area (Å²) in [7, 11) is 0. The maximum atomic E-state index is 6.16. The fourth-order valence-electron chi connectivity index (χ4n) is 2.66. The monoisotopic (exact) mass is 287 g/mol. The van der Waals surface area contributed by atoms with Crippen molar-refractivity contribution in [3.63, 3.8) is 0 Å². The standard InChI is InChI=1S/C17H18ClNO/c1-12-15(18)6-4-7-16(12)19-11-13-9-10-20-17-8-3-2-5-14(13)17/h2-8,13,19H,9-11H2,1H3. The maximum absolute atomic E-state index is 6.16. The summed E-state index contributed by atoms with van der Waals surface area (Å²) in [6.45, 7) is 3.74. The summed E-state index contributed by atoms with van der Waals surface area (Å²) in [4.78, 5) is 0. The van der Waals surface area contributed by atoms with Gasteiger partial charge in [0.25, 0.3) is 0 Å². The van der Waals surface area contributed by atoms with E-state index in [1.54, 1.807) is 0 Å². The number of ether oxygens (including phenoxy) is 1. The molecule has 1 unspecified atom stereocenters. The van der Waals surface area contributed by atoms with E-state index in [0.29, 0.717) is 5.92 Å². The minimum absolute atomic E-state index is 0.485. The summed E-state index contributed by atoms with van der Waals surface area (Å²) < 4.78 is 5.70. The summed E-state index contributed by atoms with van der Waals surface area (Å²) in [5, 5.41) is 4.33. The smallest absolute Gasteiger partial charge is 0.122 e. The Morgan fingerprint density at radius 2 is 2.05 bits per heavy atom. The fraction of sp³-hybridized carbons (Fsp3) is 0.294. The molecule has 2 aromatic carbocycles. The molecule has 0 bridgehead atoms. The number of halogens is 1. The topological polar surface area (TPSA) is 21.3 Å². The molecule has 0 aromatic heterocycles. The van der Waals surface area contributed by atoms with E-state index in [9.17, 15) is 0 Å². The Morgan fingerprint density at radius 1 is 1.20 bits per heavy atom. The average molecular weight is 288 g/mol. The molecule has 0 spiro atoms. The van der Waals surface area contributed by atoms with Gasteiger partial charge in [0, 0.05) is 23.2 Å². The van der Waals surface area contributed by atoms with Gasteiger partial charge in [-0.25, -0.2) is 0 Å². The predicted octanol–water partition coefficient (Wildman–Crippen LogP) is 4.63. The summed E-state index contributed by atoms with van der Waals surface area (Å²) in [5.74, 6) is 1.51. The quantitative estimate of drug-likeness (QED) is 0.889. The zero-order valence-electron chi connectivity index (χ0n) is 11.5. The number of anilines is 1. The van der Waals surface area contributed by atoms with Crippen molar-refractivity contribution in [1.82, 2.24) is 0 Å². The molecule has 1 N–H and O–H groups in total. The number of benzene rings is 2. The predicted molar refractivity (Wildman–Crippen MR) is 84.0 cm³/mol. The normalized spacial score (nSPS) is 17.2. The van der Waals surface area contributed by atoms with Crippen LogP contribution in [0.1, 0.15) is 23.5 Å². The minimum atomic E-state index is 0.485. The van der Waals surface area contributed by atoms with Crippen molar-refractivity contribution < 1.29 is 4.74 Å². The highest BCUT2D eigenvalue weighted by molar-refractivity contribution is 6.31. The summed E-state index contributed by atoms with van der Waals surface area (Å²) in [5.41, 5.74) is 3.52. The van der Waals surface area contributed by atoms with Gasteiger partial charge in [-0.2, -0.15) is 0 Å². The van der Waals surface area contributed by atoms with Crippen LogP contribution in [0.3, 0.4) is 0 Å². The second kappa shape index (κ2) is 5.76. The van der Waals surface area contributed by atoms with Crippen LogP contribution in [0.15, 0.2) is 42.5 Å². The molecule has 3 heteroatoms. The maximum Gasteiger partial charge on any atom is 0.122 e. The molecule has 20 heavy (non-hydrogen) atoms. The lowest BCUT2D eigenvalue weighted by Crippen LogP contribution is -2.20. The molecular weight excluding hydrogens is 270 g/mol. The van der Waals surface area contributed by atoms with Crippen molar-refractivity contribution in [3.8, 4) is 5.75 Å². The number of fused-ring (bicyclic) bond motifs is 1. The second-order valence-electron chi connectivity index (χ2n) is 5.17. The van der Waals surface area contributed by atoms with Crippen LogP contribution in [0.4, 0.5) is 5.69 Å². The first-order valence-corrected chi connectivity index (χ1v) is 7.34. The molecule has 0 aliphatic carbocycles. The van der Waals surface area contributed by atoms with E-state index in [1.165, 1.54) is 5.56 Å². The SMILES string of the molecule is Cc1c(Cl)cccc1NCC1CCOc2ccccc21. The van der Waals surface area contributed by atoms with Gasteiger partial charge in [-0.1, -0.05) is 35.9 Å². The van der Waals surface area contributed by atoms with Gasteiger partial charge in [0.05, 0.1) is 6.61 Å². The zero-order valence-corrected chi connectivity index (χ0v) is 12.3. The van der Waals surface area contributed by atoms with E-state index < -0.39 is 0 Å². The molecule has 1 heterocycles. The lowest BCUT2D eigenvalue weighted by molar-refractivity contribution is 0.270. The van der Waals surface area contributed by atoms with Crippen molar-refractivity contribution in [2.45, 2.75) is 19.3 Å². The molecule has 3 rings (SSSR count). The third-order valence-electron chi connectivity index (χ3n) is 3.89. The molecule has 0 radical (unpaired) electrons. The van der Waals surface area contributed by atoms with E-state index in [-0.39, 0.29) is 0 Å². The molecule has 0 saturated heterocycles. The van der Waals surface area contributed by atoms with Gasteiger partial charge in [0.2, 0.25) is 0 Å². The van der Waals surface area contributed by atoms with Gasteiger partial charge in [-0.3, -0.25) is 0 Å². The molecule has 0 amide bonds. The third-order valence-corrected chi connectivity index (χ3v) is 4.30. The van der Waals surface area contributed by atoms with Gasteiger partial charge in [0.15, 0.2) is 0 Å². The summed E-state index contributed by atoms with van der Waals surface area (Å²) in [6.07, 6.45) is 1.05. The molecule has 0 fully saturated rings. The van der Waals surface area contributed by atoms with E-state index in [1.807, 2.05) is 31.2 Å². The number of hydrogen-bond acceptors (Lipinski definition) is 2. The van der Waals surface area contributed by atoms with Gasteiger partial charge < -0.3 is 10.1 Å². The van der Waals surface area contributed by atoms with E-state index in [0.717, 1.165) is 41.6 Å². The first kappa shape index (κ1) is 13.3. The largest absolute Gasteiger partial charge is 0.493 e.